The highest BCUT2D eigenvalue weighted by Gasteiger charge is 1.95. The molecule has 0 saturated carbocycles. The fraction of sp³-hybridized carbons (Fsp3) is 1.00. The molecule has 0 aliphatic heterocycles. The average Bonchev–Trinajstić information content (AvgIpc) is 2.06. The first kappa shape index (κ1) is 18.7. The maximum atomic E-state index is 2.26. The van der Waals surface area contributed by atoms with E-state index < -0.39 is 0 Å². The van der Waals surface area contributed by atoms with Crippen LogP contribution in [0.4, 0.5) is 0 Å². The molecule has 0 atom stereocenters. The molecule has 0 aromatic carbocycles. The summed E-state index contributed by atoms with van der Waals surface area (Å²) in [5, 5.41) is 0. The van der Waals surface area contributed by atoms with Crippen molar-refractivity contribution in [1.82, 2.24) is 0 Å². The van der Waals surface area contributed by atoms with Crippen molar-refractivity contribution in [2.45, 2.75) is 74.7 Å². The van der Waals surface area contributed by atoms with Crippen LogP contribution >= 0.6 is 0 Å². The van der Waals surface area contributed by atoms with Gasteiger partial charge in [-0.15, -0.1) is 0 Å². The van der Waals surface area contributed by atoms with Crippen molar-refractivity contribution in [2.24, 2.45) is 11.8 Å². The molecule has 0 N–H and O–H groups in total. The van der Waals surface area contributed by atoms with Gasteiger partial charge in [-0.25, -0.2) is 0 Å². The summed E-state index contributed by atoms with van der Waals surface area (Å²) in [6, 6.07) is 0. The van der Waals surface area contributed by atoms with Crippen LogP contribution in [0.25, 0.3) is 0 Å². The Bertz CT molecular complexity index is 45.1. The summed E-state index contributed by atoms with van der Waals surface area (Å²) in [4.78, 5) is 0. The molecule has 0 aromatic rings. The van der Waals surface area contributed by atoms with Crippen molar-refractivity contribution in [3.05, 3.63) is 0 Å². The van der Waals surface area contributed by atoms with Crippen molar-refractivity contribution in [3.8, 4) is 0 Å². The van der Waals surface area contributed by atoms with Crippen LogP contribution in [0.1, 0.15) is 74.7 Å². The number of unbranched alkanes of at least 4 members (excludes halogenated alkanes) is 1. The molecular weight excluding hydrogens is 156 g/mol. The number of hydrogen-bond donors (Lipinski definition) is 0. The highest BCUT2D eigenvalue weighted by Crippen LogP contribution is 2.08. The fourth-order valence-corrected chi connectivity index (χ4v) is 0.943. The minimum Gasteiger partial charge on any atom is -0.0683 e. The van der Waals surface area contributed by atoms with Gasteiger partial charge in [-0.2, -0.15) is 0 Å². The highest BCUT2D eigenvalue weighted by molar-refractivity contribution is 4.47. The molecule has 0 rings (SSSR count). The third-order valence-electron chi connectivity index (χ3n) is 1.44. The van der Waals surface area contributed by atoms with E-state index in [9.17, 15) is 0 Å². The van der Waals surface area contributed by atoms with Crippen LogP contribution < -0.4 is 0 Å². The van der Waals surface area contributed by atoms with Gasteiger partial charge in [0, 0.05) is 0 Å². The Kier molecular flexibility index (Phi) is 25.8. The van der Waals surface area contributed by atoms with E-state index in [2.05, 4.69) is 41.5 Å². The monoisotopic (exact) mass is 188 g/mol. The van der Waals surface area contributed by atoms with Crippen LogP contribution in [0.2, 0.25) is 0 Å². The third kappa shape index (κ3) is 48.0. The predicted molar refractivity (Wildman–Crippen MR) is 66.2 cm³/mol. The van der Waals surface area contributed by atoms with E-state index in [1.54, 1.807) is 0 Å². The normalized spacial score (nSPS) is 8.77. The Balaban J connectivity index is -0.000000142. The minimum absolute atomic E-state index is 0.875. The maximum Gasteiger partial charge on any atom is -0.0469 e. The first-order valence-electron chi connectivity index (χ1n) is 6.04. The van der Waals surface area contributed by atoms with Crippen molar-refractivity contribution >= 4 is 0 Å². The zero-order valence-corrected chi connectivity index (χ0v) is 11.3. The van der Waals surface area contributed by atoms with Gasteiger partial charge in [-0.1, -0.05) is 68.2 Å². The molecule has 0 nitrogen and oxygen atoms in total. The van der Waals surface area contributed by atoms with Crippen LogP contribution in [-0.4, -0.2) is 0 Å². The number of hydrogen-bond acceptors (Lipinski definition) is 0. The minimum atomic E-state index is 0.875. The van der Waals surface area contributed by atoms with E-state index in [0.717, 1.165) is 11.8 Å². The summed E-state index contributed by atoms with van der Waals surface area (Å²) in [6.07, 6.45) is 4.00. The fourth-order valence-electron chi connectivity index (χ4n) is 0.943. The first-order valence-corrected chi connectivity index (χ1v) is 6.04. The van der Waals surface area contributed by atoms with Gasteiger partial charge in [0.1, 0.15) is 0 Å². The largest absolute Gasteiger partial charge is 0.0683 e. The van der Waals surface area contributed by atoms with E-state index in [4.69, 9.17) is 0 Å². The van der Waals surface area contributed by atoms with E-state index in [0.29, 0.717) is 0 Å². The van der Waals surface area contributed by atoms with Crippen LogP contribution in [0, 0.1) is 11.8 Å². The third-order valence-corrected chi connectivity index (χ3v) is 1.44. The quantitative estimate of drug-likeness (QED) is 0.547. The molecule has 0 heteroatoms. The summed E-state index contributed by atoms with van der Waals surface area (Å²) in [5.41, 5.74) is 0. The molecule has 13 heavy (non-hydrogen) atoms. The molecule has 0 fully saturated rings. The van der Waals surface area contributed by atoms with E-state index in [-0.39, 0.29) is 0 Å². The molecule has 0 aliphatic rings. The molecule has 0 bridgehead atoms. The second kappa shape index (κ2) is 17.9. The Morgan fingerprint density at radius 2 is 0.923 bits per heavy atom. The summed E-state index contributed by atoms with van der Waals surface area (Å²) >= 11 is 0. The Morgan fingerprint density at radius 1 is 0.692 bits per heavy atom. The van der Waals surface area contributed by atoms with Gasteiger partial charge < -0.3 is 0 Å². The van der Waals surface area contributed by atoms with Gasteiger partial charge in [0.2, 0.25) is 0 Å². The zero-order chi connectivity index (χ0) is 11.3. The van der Waals surface area contributed by atoms with E-state index >= 15 is 0 Å². The topological polar surface area (TPSA) is 0 Å². The average molecular weight is 188 g/mol. The van der Waals surface area contributed by atoms with Gasteiger partial charge in [-0.05, 0) is 18.3 Å². The summed E-state index contributed by atoms with van der Waals surface area (Å²) in [5.74, 6) is 1.75. The van der Waals surface area contributed by atoms with Crippen molar-refractivity contribution in [1.29, 1.82) is 0 Å². The molecule has 0 amide bonds. The molecule has 0 saturated heterocycles. The molecular formula is C13H32. The van der Waals surface area contributed by atoms with Gasteiger partial charge in [-0.3, -0.25) is 0 Å². The van der Waals surface area contributed by atoms with Crippen molar-refractivity contribution in [2.75, 3.05) is 0 Å². The molecule has 0 aliphatic carbocycles. The summed E-state index contributed by atoms with van der Waals surface area (Å²) < 4.78 is 0. The Morgan fingerprint density at radius 3 is 0.923 bits per heavy atom. The second-order valence-electron chi connectivity index (χ2n) is 4.02. The van der Waals surface area contributed by atoms with Gasteiger partial charge in [0.15, 0.2) is 0 Å². The highest BCUT2D eigenvalue weighted by atomic mass is 14.0. The lowest BCUT2D eigenvalue weighted by Crippen LogP contribution is -1.93. The lowest BCUT2D eigenvalue weighted by Gasteiger charge is -2.05. The van der Waals surface area contributed by atoms with Crippen LogP contribution in [-0.2, 0) is 0 Å². The first-order chi connectivity index (χ1) is 6.04. The summed E-state index contributed by atoms with van der Waals surface area (Å²) in [6.45, 7) is 17.4. The molecule has 0 unspecified atom stereocenters. The molecule has 0 heterocycles. The van der Waals surface area contributed by atoms with Gasteiger partial charge >= 0.3 is 0 Å². The van der Waals surface area contributed by atoms with Gasteiger partial charge in [0.25, 0.3) is 0 Å². The Labute approximate surface area is 87.1 Å². The molecule has 0 aromatic heterocycles. The lowest BCUT2D eigenvalue weighted by atomic mass is 10.0. The van der Waals surface area contributed by atoms with Crippen molar-refractivity contribution < 1.29 is 0 Å². The van der Waals surface area contributed by atoms with Crippen molar-refractivity contribution in [3.63, 3.8) is 0 Å². The standard InChI is InChI=1S/C7H16.C4H10.C2H6/c1-6(2)5-7(3)4;1-3-4-2;1-2/h6-7H,5H2,1-4H3;3-4H2,1-2H3;1-2H3. The van der Waals surface area contributed by atoms with Crippen LogP contribution in [0.5, 0.6) is 0 Å². The number of rotatable bonds is 3. The zero-order valence-electron chi connectivity index (χ0n) is 11.3. The maximum absolute atomic E-state index is 2.26. The molecule has 0 radical (unpaired) electrons. The second-order valence-corrected chi connectivity index (χ2v) is 4.02. The predicted octanol–water partition coefficient (Wildman–Crippen LogP) is 5.52. The van der Waals surface area contributed by atoms with E-state index in [1.165, 1.54) is 19.3 Å². The Hall–Kier alpha value is 0. The van der Waals surface area contributed by atoms with Crippen LogP contribution in [0.15, 0.2) is 0 Å². The SMILES string of the molecule is CC.CC(C)CC(C)C.CCCC. The summed E-state index contributed by atoms with van der Waals surface area (Å²) in [7, 11) is 0. The van der Waals surface area contributed by atoms with Gasteiger partial charge in [0.05, 0.1) is 0 Å². The smallest absolute Gasteiger partial charge is 0.0469 e. The molecule has 84 valence electrons. The lowest BCUT2D eigenvalue weighted by molar-refractivity contribution is 0.469. The van der Waals surface area contributed by atoms with E-state index in [1.807, 2.05) is 13.8 Å². The molecule has 0 spiro atoms. The van der Waals surface area contributed by atoms with Crippen LogP contribution in [0.3, 0.4) is 0 Å².